The summed E-state index contributed by atoms with van der Waals surface area (Å²) in [5.74, 6) is -1.41. The summed E-state index contributed by atoms with van der Waals surface area (Å²) in [6.07, 6.45) is 9.75. The second-order valence-corrected chi connectivity index (χ2v) is 19.1. The number of nitrogens with zero attached hydrogens (tertiary/aromatic N) is 4. The highest BCUT2D eigenvalue weighted by atomic mass is 35.5. The number of unbranched alkanes of at least 4 members (excludes halogenated alkanes) is 5. The first kappa shape index (κ1) is 53.9. The number of nitrogens with one attached hydrogen (secondary N) is 5. The van der Waals surface area contributed by atoms with E-state index in [-0.39, 0.29) is 85.0 Å². The first-order valence-corrected chi connectivity index (χ1v) is 24.9. The topological polar surface area (TPSA) is 193 Å². The summed E-state index contributed by atoms with van der Waals surface area (Å²) in [7, 11) is 3.37. The van der Waals surface area contributed by atoms with Gasteiger partial charge in [-0.2, -0.15) is 0 Å². The molecule has 0 radical (unpaired) electrons. The molecular formula is C51H76ClN9O7. The Morgan fingerprint density at radius 3 is 1.49 bits per heavy atom. The number of fused-ring (bicyclic) bond motifs is 2. The Bertz CT molecular complexity index is 1970. The molecule has 8 atom stereocenters. The van der Waals surface area contributed by atoms with Crippen molar-refractivity contribution in [3.8, 4) is 0 Å². The van der Waals surface area contributed by atoms with E-state index in [1.165, 1.54) is 0 Å². The van der Waals surface area contributed by atoms with E-state index >= 15 is 0 Å². The second kappa shape index (κ2) is 26.1. The fourth-order valence-electron chi connectivity index (χ4n) is 10.2. The number of halogens is 1. The molecule has 0 aliphatic carbocycles. The van der Waals surface area contributed by atoms with Gasteiger partial charge in [-0.15, -0.1) is 12.4 Å². The van der Waals surface area contributed by atoms with Gasteiger partial charge < -0.3 is 46.2 Å². The van der Waals surface area contributed by atoms with Gasteiger partial charge in [0.15, 0.2) is 0 Å². The van der Waals surface area contributed by atoms with E-state index in [2.05, 4.69) is 33.5 Å². The molecule has 68 heavy (non-hydrogen) atoms. The van der Waals surface area contributed by atoms with E-state index in [1.807, 2.05) is 65.6 Å². The summed E-state index contributed by atoms with van der Waals surface area (Å²) in [5, 5.41) is 14.9. The maximum atomic E-state index is 14.5. The van der Waals surface area contributed by atoms with Crippen molar-refractivity contribution in [2.45, 2.75) is 165 Å². The molecule has 0 aromatic heterocycles. The normalized spacial score (nSPS) is 23.8. The summed E-state index contributed by atoms with van der Waals surface area (Å²) in [4.78, 5) is 103. The molecule has 374 valence electrons. The minimum Gasteiger partial charge on any atom is -0.343 e. The minimum absolute atomic E-state index is 0. The maximum absolute atomic E-state index is 14.5. The largest absolute Gasteiger partial charge is 0.343 e. The molecule has 2 aromatic rings. The summed E-state index contributed by atoms with van der Waals surface area (Å²) < 4.78 is 0. The molecule has 0 bridgehead atoms. The molecule has 4 heterocycles. The lowest BCUT2D eigenvalue weighted by atomic mass is 9.98. The van der Waals surface area contributed by atoms with Crippen LogP contribution in [-0.2, 0) is 33.6 Å². The van der Waals surface area contributed by atoms with Gasteiger partial charge in [0.25, 0.3) is 0 Å². The van der Waals surface area contributed by atoms with Crippen LogP contribution in [0.25, 0.3) is 0 Å². The predicted molar refractivity (Wildman–Crippen MR) is 263 cm³/mol. The minimum atomic E-state index is -1.02. The third-order valence-corrected chi connectivity index (χ3v) is 14.5. The van der Waals surface area contributed by atoms with Crippen molar-refractivity contribution in [2.75, 3.05) is 40.3 Å². The molecule has 17 heteroatoms. The van der Waals surface area contributed by atoms with E-state index < -0.39 is 36.3 Å². The Hall–Kier alpha value is -5.06. The van der Waals surface area contributed by atoms with Crippen molar-refractivity contribution >= 4 is 53.8 Å². The van der Waals surface area contributed by atoms with Crippen LogP contribution in [-0.4, -0.2) is 150 Å². The monoisotopic (exact) mass is 962 g/mol. The lowest BCUT2D eigenvalue weighted by Gasteiger charge is -2.39. The van der Waals surface area contributed by atoms with Crippen molar-refractivity contribution in [1.29, 1.82) is 0 Å². The van der Waals surface area contributed by atoms with Gasteiger partial charge in [-0.1, -0.05) is 86.3 Å². The molecule has 5 N–H and O–H groups in total. The highest BCUT2D eigenvalue weighted by Gasteiger charge is 2.46. The standard InChI is InChI=1S/C51H75N9O7.ClH/c1-34-24-25-39-28-30-57(32-41(50(66)59(34)39)54-47(63)35(2)52-4)44(61)22-16-8-6-7-9-17-23-45(62)58-31-29-40-26-27-43(60(40)51(67)42(33-58)55-48(64)36(3)53-5)49(65)56-46(37-18-12-10-13-19-37)38-20-14-11-15-21-38;/h10-15,18-21,34-36,39-43,46,52-53H,6-9,16-17,22-33H2,1-5H3,(H,54,63)(H,55,64)(H,56,65);1H/t34-,35+,36+,39-,40-,41+,42+,43+;/m1./s1. The van der Waals surface area contributed by atoms with E-state index in [9.17, 15) is 33.6 Å². The number of rotatable bonds is 19. The van der Waals surface area contributed by atoms with E-state index in [4.69, 9.17) is 0 Å². The average Bonchev–Trinajstić information content (AvgIpc) is 3.93. The Morgan fingerprint density at radius 1 is 0.588 bits per heavy atom. The predicted octanol–water partition coefficient (Wildman–Crippen LogP) is 3.82. The molecule has 16 nitrogen and oxygen atoms in total. The Morgan fingerprint density at radius 2 is 1.01 bits per heavy atom. The van der Waals surface area contributed by atoms with Crippen LogP contribution in [0.4, 0.5) is 0 Å². The molecule has 4 aliphatic rings. The maximum Gasteiger partial charge on any atom is 0.247 e. The van der Waals surface area contributed by atoms with E-state index in [0.29, 0.717) is 58.0 Å². The van der Waals surface area contributed by atoms with Crippen LogP contribution in [0.1, 0.15) is 128 Å². The quantitative estimate of drug-likeness (QED) is 0.130. The summed E-state index contributed by atoms with van der Waals surface area (Å²) in [6.45, 7) is 6.65. The Labute approximate surface area is 409 Å². The van der Waals surface area contributed by atoms with Crippen molar-refractivity contribution in [1.82, 2.24) is 46.2 Å². The van der Waals surface area contributed by atoms with Crippen molar-refractivity contribution in [3.05, 3.63) is 71.8 Å². The summed E-state index contributed by atoms with van der Waals surface area (Å²) in [5.41, 5.74) is 1.85. The van der Waals surface area contributed by atoms with Gasteiger partial charge in [-0.3, -0.25) is 33.6 Å². The van der Waals surface area contributed by atoms with Gasteiger partial charge >= 0.3 is 0 Å². The lowest BCUT2D eigenvalue weighted by Crippen LogP contribution is -2.62. The summed E-state index contributed by atoms with van der Waals surface area (Å²) in [6, 6.07) is 15.4. The zero-order valence-electron chi connectivity index (χ0n) is 40.8. The van der Waals surface area contributed by atoms with Crippen LogP contribution in [0.3, 0.4) is 0 Å². The van der Waals surface area contributed by atoms with Crippen LogP contribution in [0.5, 0.6) is 0 Å². The van der Waals surface area contributed by atoms with Gasteiger partial charge in [0.1, 0.15) is 18.1 Å². The molecule has 7 amide bonds. The van der Waals surface area contributed by atoms with Crippen LogP contribution >= 0.6 is 12.4 Å². The van der Waals surface area contributed by atoms with Gasteiger partial charge in [-0.25, -0.2) is 0 Å². The first-order chi connectivity index (χ1) is 32.3. The summed E-state index contributed by atoms with van der Waals surface area (Å²) >= 11 is 0. The number of carbonyl (C=O) groups is 7. The van der Waals surface area contributed by atoms with Crippen LogP contribution < -0.4 is 26.6 Å². The lowest BCUT2D eigenvalue weighted by molar-refractivity contribution is -0.147. The average molecular weight is 963 g/mol. The SMILES string of the molecule is CN[C@@H](C)C(=O)N[C@H]1CN(C(=O)CCCCCCCCC(=O)N2CC[C@H]3CC[C@@H](C(=O)NC(c4ccccc4)c4ccccc4)N3C(=O)[C@@H](NC(=O)[C@H](C)NC)C2)CC[C@H]2CC[C@@H](C)N2C1=O.Cl. The highest BCUT2D eigenvalue weighted by molar-refractivity contribution is 5.95. The van der Waals surface area contributed by atoms with E-state index in [0.717, 1.165) is 56.1 Å². The number of carbonyl (C=O) groups excluding carboxylic acids is 7. The Kier molecular flexibility index (Phi) is 20.7. The fourth-order valence-corrected chi connectivity index (χ4v) is 10.2. The number of likely N-dealkylation sites (N-methyl/N-ethyl adjacent to an activating group) is 2. The number of benzene rings is 2. The van der Waals surface area contributed by atoms with E-state index in [1.54, 1.807) is 42.6 Å². The smallest absolute Gasteiger partial charge is 0.247 e. The van der Waals surface area contributed by atoms with Crippen molar-refractivity contribution in [2.24, 2.45) is 0 Å². The zero-order chi connectivity index (χ0) is 48.0. The third-order valence-electron chi connectivity index (χ3n) is 14.5. The van der Waals surface area contributed by atoms with Crippen molar-refractivity contribution < 1.29 is 33.6 Å². The molecule has 4 saturated heterocycles. The highest BCUT2D eigenvalue weighted by Crippen LogP contribution is 2.32. The van der Waals surface area contributed by atoms with Gasteiger partial charge in [-0.05, 0) is 97.4 Å². The molecule has 4 fully saturated rings. The zero-order valence-corrected chi connectivity index (χ0v) is 41.6. The van der Waals surface area contributed by atoms with Gasteiger partial charge in [0, 0.05) is 57.1 Å². The molecule has 2 aromatic carbocycles. The van der Waals surface area contributed by atoms with Crippen LogP contribution in [0.2, 0.25) is 0 Å². The molecule has 6 rings (SSSR count). The molecule has 0 unspecified atom stereocenters. The van der Waals surface area contributed by atoms with Gasteiger partial charge in [0.2, 0.25) is 41.4 Å². The number of hydrogen-bond acceptors (Lipinski definition) is 9. The van der Waals surface area contributed by atoms with Crippen LogP contribution in [0, 0.1) is 0 Å². The Balaban J connectivity index is 0.00000864. The number of amides is 7. The van der Waals surface area contributed by atoms with Crippen LogP contribution in [0.15, 0.2) is 60.7 Å². The number of hydrogen-bond donors (Lipinski definition) is 5. The molecule has 4 aliphatic heterocycles. The molecular weight excluding hydrogens is 886 g/mol. The first-order valence-electron chi connectivity index (χ1n) is 24.9. The molecule has 0 spiro atoms. The second-order valence-electron chi connectivity index (χ2n) is 19.1. The molecule has 0 saturated carbocycles. The third kappa shape index (κ3) is 13.8. The fraction of sp³-hybridized carbons (Fsp3) is 0.627. The van der Waals surface area contributed by atoms with Gasteiger partial charge in [0.05, 0.1) is 18.1 Å². The van der Waals surface area contributed by atoms with Crippen molar-refractivity contribution in [3.63, 3.8) is 0 Å².